The zero-order valence-corrected chi connectivity index (χ0v) is 13.7. The van der Waals surface area contributed by atoms with Gasteiger partial charge in [-0.3, -0.25) is 4.90 Å². The van der Waals surface area contributed by atoms with Crippen molar-refractivity contribution in [3.8, 4) is 5.75 Å². The number of halogens is 1. The Morgan fingerprint density at radius 2 is 2.14 bits per heavy atom. The smallest absolute Gasteiger partial charge is 0.144 e. The Labute approximate surface area is 131 Å². The Kier molecular flexibility index (Phi) is 3.93. The van der Waals surface area contributed by atoms with Gasteiger partial charge in [-0.25, -0.2) is 0 Å². The highest BCUT2D eigenvalue weighted by atomic mass is 35.5. The molecule has 1 N–H and O–H groups in total. The third-order valence-electron chi connectivity index (χ3n) is 4.77. The molecule has 4 heteroatoms. The van der Waals surface area contributed by atoms with Crippen molar-refractivity contribution in [2.24, 2.45) is 5.92 Å². The Bertz CT molecular complexity index is 532. The van der Waals surface area contributed by atoms with Crippen LogP contribution in [0.3, 0.4) is 0 Å². The number of benzene rings is 1. The first kappa shape index (κ1) is 15.1. The molecule has 0 aromatic heterocycles. The van der Waals surface area contributed by atoms with E-state index in [2.05, 4.69) is 11.8 Å². The van der Waals surface area contributed by atoms with Gasteiger partial charge in [-0.15, -0.1) is 0 Å². The van der Waals surface area contributed by atoms with E-state index in [1.807, 2.05) is 32.0 Å². The van der Waals surface area contributed by atoms with Crippen LogP contribution in [-0.2, 0) is 0 Å². The summed E-state index contributed by atoms with van der Waals surface area (Å²) in [6.45, 7) is 8.41. The van der Waals surface area contributed by atoms with Gasteiger partial charge < -0.3 is 9.84 Å². The topological polar surface area (TPSA) is 32.7 Å². The number of rotatable bonds is 1. The minimum Gasteiger partial charge on any atom is -0.484 e. The molecule has 3 nitrogen and oxygen atoms in total. The van der Waals surface area contributed by atoms with E-state index in [1.165, 1.54) is 12.8 Å². The fraction of sp³-hybridized carbons (Fsp3) is 0.647. The van der Waals surface area contributed by atoms with Crippen LogP contribution in [0.5, 0.6) is 5.75 Å². The Morgan fingerprint density at radius 1 is 1.38 bits per heavy atom. The van der Waals surface area contributed by atoms with Gasteiger partial charge in [0.2, 0.25) is 0 Å². The van der Waals surface area contributed by atoms with Crippen LogP contribution in [0.15, 0.2) is 18.2 Å². The van der Waals surface area contributed by atoms with Gasteiger partial charge in [-0.1, -0.05) is 30.7 Å². The molecule has 2 aliphatic heterocycles. The molecule has 1 saturated heterocycles. The molecule has 2 heterocycles. The lowest BCUT2D eigenvalue weighted by Crippen LogP contribution is -2.59. The largest absolute Gasteiger partial charge is 0.484 e. The summed E-state index contributed by atoms with van der Waals surface area (Å²) in [5, 5.41) is 11.5. The van der Waals surface area contributed by atoms with E-state index in [0.717, 1.165) is 18.7 Å². The van der Waals surface area contributed by atoms with Gasteiger partial charge in [0.05, 0.1) is 11.1 Å². The van der Waals surface area contributed by atoms with E-state index in [-0.39, 0.29) is 6.04 Å². The number of hydrogen-bond acceptors (Lipinski definition) is 3. The van der Waals surface area contributed by atoms with Gasteiger partial charge >= 0.3 is 0 Å². The highest BCUT2D eigenvalue weighted by Gasteiger charge is 2.47. The molecule has 1 aromatic rings. The van der Waals surface area contributed by atoms with Crippen LogP contribution >= 0.6 is 11.6 Å². The van der Waals surface area contributed by atoms with Crippen molar-refractivity contribution in [1.29, 1.82) is 0 Å². The number of hydrogen-bond donors (Lipinski definition) is 1. The van der Waals surface area contributed by atoms with Crippen molar-refractivity contribution >= 4 is 11.6 Å². The maximum absolute atomic E-state index is 10.9. The molecular formula is C17H24ClNO2. The third kappa shape index (κ3) is 2.67. The number of piperidine rings is 1. The lowest BCUT2D eigenvalue weighted by molar-refractivity contribution is -0.0919. The molecule has 2 aliphatic rings. The summed E-state index contributed by atoms with van der Waals surface area (Å²) in [4.78, 5) is 2.39. The van der Waals surface area contributed by atoms with Crippen molar-refractivity contribution in [2.45, 2.75) is 51.4 Å². The lowest BCUT2D eigenvalue weighted by atomic mass is 9.83. The summed E-state index contributed by atoms with van der Waals surface area (Å²) >= 11 is 6.24. The summed E-state index contributed by atoms with van der Waals surface area (Å²) in [6.07, 6.45) is 1.89. The molecule has 0 spiro atoms. The molecule has 0 saturated carbocycles. The molecule has 116 valence electrons. The highest BCUT2D eigenvalue weighted by molar-refractivity contribution is 6.32. The lowest BCUT2D eigenvalue weighted by Gasteiger charge is -2.50. The summed E-state index contributed by atoms with van der Waals surface area (Å²) in [6, 6.07) is 5.57. The normalized spacial score (nSPS) is 32.3. The number of aliphatic hydroxyl groups is 1. The molecular weight excluding hydrogens is 286 g/mol. The van der Waals surface area contributed by atoms with Gasteiger partial charge in [-0.05, 0) is 45.2 Å². The molecule has 0 amide bonds. The SMILES string of the molecule is CC1CCCN(C2C(O)c3cccc(Cl)c3OC2(C)C)C1. The maximum Gasteiger partial charge on any atom is 0.144 e. The highest BCUT2D eigenvalue weighted by Crippen LogP contribution is 2.45. The van der Waals surface area contributed by atoms with Gasteiger partial charge in [0.15, 0.2) is 0 Å². The van der Waals surface area contributed by atoms with E-state index < -0.39 is 11.7 Å². The zero-order chi connectivity index (χ0) is 15.2. The van der Waals surface area contributed by atoms with Gasteiger partial charge in [0.25, 0.3) is 0 Å². The third-order valence-corrected chi connectivity index (χ3v) is 5.07. The van der Waals surface area contributed by atoms with Crippen molar-refractivity contribution in [1.82, 2.24) is 4.90 Å². The maximum atomic E-state index is 10.9. The van der Waals surface area contributed by atoms with Gasteiger partial charge in [0.1, 0.15) is 17.5 Å². The van der Waals surface area contributed by atoms with Crippen molar-refractivity contribution in [3.05, 3.63) is 28.8 Å². The van der Waals surface area contributed by atoms with E-state index in [9.17, 15) is 5.11 Å². The first-order valence-electron chi connectivity index (χ1n) is 7.79. The Hall–Kier alpha value is -0.770. The summed E-state index contributed by atoms with van der Waals surface area (Å²) in [5.74, 6) is 1.31. The number of para-hydroxylation sites is 1. The molecule has 3 unspecified atom stereocenters. The monoisotopic (exact) mass is 309 g/mol. The number of fused-ring (bicyclic) bond motifs is 1. The standard InChI is InChI=1S/C17H24ClNO2/c1-11-6-5-9-19(10-11)16-14(20)12-7-4-8-13(18)15(12)21-17(16,2)3/h4,7-8,11,14,16,20H,5-6,9-10H2,1-3H3. The first-order chi connectivity index (χ1) is 9.90. The van der Waals surface area contributed by atoms with Crippen LogP contribution < -0.4 is 4.74 Å². The number of nitrogens with zero attached hydrogens (tertiary/aromatic N) is 1. The van der Waals surface area contributed by atoms with E-state index in [4.69, 9.17) is 16.3 Å². The minimum absolute atomic E-state index is 0.0359. The molecule has 1 fully saturated rings. The quantitative estimate of drug-likeness (QED) is 0.859. The molecule has 3 rings (SSSR count). The van der Waals surface area contributed by atoms with Crippen LogP contribution in [0.4, 0.5) is 0 Å². The molecule has 21 heavy (non-hydrogen) atoms. The van der Waals surface area contributed by atoms with E-state index >= 15 is 0 Å². The predicted octanol–water partition coefficient (Wildman–Crippen LogP) is 3.64. The first-order valence-corrected chi connectivity index (χ1v) is 8.17. The number of ether oxygens (including phenoxy) is 1. The summed E-state index contributed by atoms with van der Waals surface area (Å²) in [5.41, 5.74) is 0.346. The summed E-state index contributed by atoms with van der Waals surface area (Å²) in [7, 11) is 0. The Morgan fingerprint density at radius 3 is 2.86 bits per heavy atom. The summed E-state index contributed by atoms with van der Waals surface area (Å²) < 4.78 is 6.19. The van der Waals surface area contributed by atoms with Crippen LogP contribution in [0, 0.1) is 5.92 Å². The molecule has 1 aromatic carbocycles. The van der Waals surface area contributed by atoms with Crippen molar-refractivity contribution in [3.63, 3.8) is 0 Å². The fourth-order valence-corrected chi connectivity index (χ4v) is 4.08. The molecule has 3 atom stereocenters. The van der Waals surface area contributed by atoms with Crippen LogP contribution in [0.2, 0.25) is 5.02 Å². The number of likely N-dealkylation sites (tertiary alicyclic amines) is 1. The van der Waals surface area contributed by atoms with E-state index in [1.54, 1.807) is 0 Å². The van der Waals surface area contributed by atoms with Crippen molar-refractivity contribution < 1.29 is 9.84 Å². The zero-order valence-electron chi connectivity index (χ0n) is 13.0. The predicted molar refractivity (Wildman–Crippen MR) is 84.9 cm³/mol. The van der Waals surface area contributed by atoms with Crippen LogP contribution in [-0.4, -0.2) is 34.7 Å². The molecule has 0 aliphatic carbocycles. The average molecular weight is 310 g/mol. The Balaban J connectivity index is 1.97. The van der Waals surface area contributed by atoms with Gasteiger partial charge in [0, 0.05) is 12.1 Å². The molecule has 0 radical (unpaired) electrons. The number of aliphatic hydroxyl groups excluding tert-OH is 1. The van der Waals surface area contributed by atoms with Crippen LogP contribution in [0.1, 0.15) is 45.3 Å². The van der Waals surface area contributed by atoms with Crippen molar-refractivity contribution in [2.75, 3.05) is 13.1 Å². The second-order valence-corrected chi connectivity index (χ2v) is 7.40. The minimum atomic E-state index is -0.562. The second-order valence-electron chi connectivity index (χ2n) is 7.00. The molecule has 0 bridgehead atoms. The van der Waals surface area contributed by atoms with Gasteiger partial charge in [-0.2, -0.15) is 0 Å². The van der Waals surface area contributed by atoms with E-state index in [0.29, 0.717) is 16.7 Å². The van der Waals surface area contributed by atoms with Crippen LogP contribution in [0.25, 0.3) is 0 Å². The second kappa shape index (κ2) is 5.45. The fourth-order valence-electron chi connectivity index (χ4n) is 3.86. The average Bonchev–Trinajstić information content (AvgIpc) is 2.40.